The van der Waals surface area contributed by atoms with Crippen molar-refractivity contribution in [1.29, 1.82) is 0 Å². The first kappa shape index (κ1) is 10.8. The summed E-state index contributed by atoms with van der Waals surface area (Å²) in [6.45, 7) is 2.07. The Morgan fingerprint density at radius 2 is 2.27 bits per heavy atom. The van der Waals surface area contributed by atoms with E-state index < -0.39 is 0 Å². The first-order valence-corrected chi connectivity index (χ1v) is 6.28. The van der Waals surface area contributed by atoms with Crippen LogP contribution in [0.15, 0.2) is 28.1 Å². The van der Waals surface area contributed by atoms with Crippen molar-refractivity contribution < 1.29 is 4.39 Å². The van der Waals surface area contributed by atoms with Crippen LogP contribution >= 0.6 is 27.3 Å². The molecular formula is C11H9BrFNS. The van der Waals surface area contributed by atoms with Crippen LogP contribution in [0.4, 0.5) is 4.39 Å². The molecule has 0 amide bonds. The van der Waals surface area contributed by atoms with Crippen LogP contribution in [0.2, 0.25) is 0 Å². The highest BCUT2D eigenvalue weighted by Gasteiger charge is 2.06. The lowest BCUT2D eigenvalue weighted by molar-refractivity contribution is 0.621. The second-order valence-corrected chi connectivity index (χ2v) is 4.84. The van der Waals surface area contributed by atoms with E-state index in [0.717, 1.165) is 22.7 Å². The second-order valence-electron chi connectivity index (χ2n) is 3.13. The predicted octanol–water partition coefficient (Wildman–Crippen LogP) is 4.27. The number of rotatable bonds is 2. The van der Waals surface area contributed by atoms with Crippen LogP contribution in [0, 0.1) is 5.82 Å². The van der Waals surface area contributed by atoms with Gasteiger partial charge < -0.3 is 0 Å². The van der Waals surface area contributed by atoms with E-state index in [0.29, 0.717) is 4.47 Å². The molecule has 0 saturated carbocycles. The third-order valence-electron chi connectivity index (χ3n) is 2.08. The topological polar surface area (TPSA) is 12.9 Å². The van der Waals surface area contributed by atoms with Gasteiger partial charge in [-0.05, 0) is 40.5 Å². The molecule has 0 aliphatic heterocycles. The van der Waals surface area contributed by atoms with E-state index in [1.165, 1.54) is 6.07 Å². The number of thiazole rings is 1. The van der Waals surface area contributed by atoms with Crippen molar-refractivity contribution in [2.24, 2.45) is 0 Å². The molecule has 0 radical (unpaired) electrons. The van der Waals surface area contributed by atoms with Gasteiger partial charge in [0.2, 0.25) is 0 Å². The van der Waals surface area contributed by atoms with Gasteiger partial charge in [-0.1, -0.05) is 6.92 Å². The maximum Gasteiger partial charge on any atom is 0.137 e. The van der Waals surface area contributed by atoms with E-state index >= 15 is 0 Å². The van der Waals surface area contributed by atoms with Crippen LogP contribution < -0.4 is 0 Å². The Balaban J connectivity index is 2.40. The molecule has 2 aromatic rings. The number of aryl methyl sites for hydroxylation is 1. The zero-order valence-corrected chi connectivity index (χ0v) is 10.5. The van der Waals surface area contributed by atoms with E-state index in [2.05, 4.69) is 27.8 Å². The molecule has 1 aromatic heterocycles. The first-order valence-electron chi connectivity index (χ1n) is 4.60. The lowest BCUT2D eigenvalue weighted by Gasteiger charge is -1.98. The lowest BCUT2D eigenvalue weighted by atomic mass is 10.2. The van der Waals surface area contributed by atoms with Crippen molar-refractivity contribution in [3.63, 3.8) is 0 Å². The second kappa shape index (κ2) is 4.41. The summed E-state index contributed by atoms with van der Waals surface area (Å²) in [5.74, 6) is -0.244. The third-order valence-corrected chi connectivity index (χ3v) is 3.63. The van der Waals surface area contributed by atoms with Crippen molar-refractivity contribution in [2.45, 2.75) is 13.3 Å². The predicted molar refractivity (Wildman–Crippen MR) is 64.6 cm³/mol. The van der Waals surface area contributed by atoms with Crippen LogP contribution in [-0.2, 0) is 6.42 Å². The first-order chi connectivity index (χ1) is 7.20. The molecule has 1 nitrogen and oxygen atoms in total. The Kier molecular flexibility index (Phi) is 3.17. The van der Waals surface area contributed by atoms with Crippen molar-refractivity contribution in [3.05, 3.63) is 39.6 Å². The molecule has 0 atom stereocenters. The van der Waals surface area contributed by atoms with Gasteiger partial charge in [0.15, 0.2) is 0 Å². The molecule has 15 heavy (non-hydrogen) atoms. The fourth-order valence-corrected chi connectivity index (χ4v) is 2.51. The van der Waals surface area contributed by atoms with Crippen LogP contribution in [0.5, 0.6) is 0 Å². The molecule has 0 spiro atoms. The molecule has 4 heteroatoms. The normalized spacial score (nSPS) is 10.6. The van der Waals surface area contributed by atoms with Crippen LogP contribution in [-0.4, -0.2) is 4.98 Å². The van der Waals surface area contributed by atoms with E-state index in [4.69, 9.17) is 0 Å². The highest BCUT2D eigenvalue weighted by atomic mass is 79.9. The Bertz CT molecular complexity index is 481. The maximum atomic E-state index is 13.0. The minimum atomic E-state index is -0.244. The van der Waals surface area contributed by atoms with Crippen LogP contribution in [0.1, 0.15) is 12.6 Å². The van der Waals surface area contributed by atoms with Gasteiger partial charge in [-0.3, -0.25) is 0 Å². The molecule has 1 heterocycles. The zero-order valence-electron chi connectivity index (χ0n) is 8.13. The number of hydrogen-bond acceptors (Lipinski definition) is 2. The molecule has 0 aliphatic carbocycles. The van der Waals surface area contributed by atoms with E-state index in [1.54, 1.807) is 23.5 Å². The van der Waals surface area contributed by atoms with Crippen LogP contribution in [0.25, 0.3) is 10.6 Å². The number of hydrogen-bond donors (Lipinski definition) is 0. The van der Waals surface area contributed by atoms with Gasteiger partial charge in [0, 0.05) is 10.9 Å². The minimum Gasteiger partial charge on any atom is -0.241 e. The van der Waals surface area contributed by atoms with Crippen molar-refractivity contribution in [3.8, 4) is 10.6 Å². The summed E-state index contributed by atoms with van der Waals surface area (Å²) in [6, 6.07) is 4.96. The smallest absolute Gasteiger partial charge is 0.137 e. The van der Waals surface area contributed by atoms with Crippen LogP contribution in [0.3, 0.4) is 0 Å². The minimum absolute atomic E-state index is 0.244. The Labute approximate surface area is 100 Å². The average Bonchev–Trinajstić information content (AvgIpc) is 2.70. The summed E-state index contributed by atoms with van der Waals surface area (Å²) < 4.78 is 13.5. The van der Waals surface area contributed by atoms with Gasteiger partial charge >= 0.3 is 0 Å². The number of halogens is 2. The zero-order chi connectivity index (χ0) is 10.8. The standard InChI is InChI=1S/C11H9BrFNS/c1-2-8-6-15-11(14-8)7-3-4-10(13)9(12)5-7/h3-6H,2H2,1H3. The van der Waals surface area contributed by atoms with Gasteiger partial charge in [-0.2, -0.15) is 0 Å². The Morgan fingerprint density at radius 3 is 2.87 bits per heavy atom. The van der Waals surface area contributed by atoms with Gasteiger partial charge in [0.25, 0.3) is 0 Å². The average molecular weight is 286 g/mol. The van der Waals surface area contributed by atoms with Crippen molar-refractivity contribution in [2.75, 3.05) is 0 Å². The summed E-state index contributed by atoms with van der Waals surface area (Å²) in [7, 11) is 0. The summed E-state index contributed by atoms with van der Waals surface area (Å²) in [5.41, 5.74) is 2.03. The molecule has 0 bridgehead atoms. The fraction of sp³-hybridized carbons (Fsp3) is 0.182. The van der Waals surface area contributed by atoms with Gasteiger partial charge in [-0.25, -0.2) is 9.37 Å². The Morgan fingerprint density at radius 1 is 1.47 bits per heavy atom. The molecule has 0 aliphatic rings. The lowest BCUT2D eigenvalue weighted by Crippen LogP contribution is -1.82. The summed E-state index contributed by atoms with van der Waals surface area (Å²) in [4.78, 5) is 4.44. The van der Waals surface area contributed by atoms with Crippen molar-refractivity contribution >= 4 is 27.3 Å². The third kappa shape index (κ3) is 2.26. The largest absolute Gasteiger partial charge is 0.241 e. The van der Waals surface area contributed by atoms with Gasteiger partial charge in [0.1, 0.15) is 10.8 Å². The number of benzene rings is 1. The molecule has 0 N–H and O–H groups in total. The maximum absolute atomic E-state index is 13.0. The van der Waals surface area contributed by atoms with Gasteiger partial charge in [-0.15, -0.1) is 11.3 Å². The summed E-state index contributed by atoms with van der Waals surface area (Å²) in [5, 5.41) is 2.97. The molecule has 0 saturated heterocycles. The highest BCUT2D eigenvalue weighted by Crippen LogP contribution is 2.27. The number of nitrogens with zero attached hydrogens (tertiary/aromatic N) is 1. The molecular weight excluding hydrogens is 277 g/mol. The van der Waals surface area contributed by atoms with E-state index in [9.17, 15) is 4.39 Å². The van der Waals surface area contributed by atoms with Gasteiger partial charge in [0.05, 0.1) is 10.2 Å². The van der Waals surface area contributed by atoms with E-state index in [1.807, 2.05) is 5.38 Å². The monoisotopic (exact) mass is 285 g/mol. The molecule has 0 fully saturated rings. The quantitative estimate of drug-likeness (QED) is 0.803. The van der Waals surface area contributed by atoms with Crippen molar-refractivity contribution in [1.82, 2.24) is 4.98 Å². The fourth-order valence-electron chi connectivity index (χ4n) is 1.23. The summed E-state index contributed by atoms with van der Waals surface area (Å²) in [6.07, 6.45) is 0.929. The molecule has 78 valence electrons. The Hall–Kier alpha value is -0.740. The SMILES string of the molecule is CCc1csc(-c2ccc(F)c(Br)c2)n1. The van der Waals surface area contributed by atoms with E-state index in [-0.39, 0.29) is 5.82 Å². The molecule has 1 aromatic carbocycles. The molecule has 2 rings (SSSR count). The number of aromatic nitrogens is 1. The summed E-state index contributed by atoms with van der Waals surface area (Å²) >= 11 is 4.76. The highest BCUT2D eigenvalue weighted by molar-refractivity contribution is 9.10. The molecule has 0 unspecified atom stereocenters.